The van der Waals surface area contributed by atoms with Gasteiger partial charge >= 0.3 is 0 Å². The van der Waals surface area contributed by atoms with Gasteiger partial charge in [0, 0.05) is 41.0 Å². The van der Waals surface area contributed by atoms with Gasteiger partial charge in [0.1, 0.15) is 11.5 Å². The van der Waals surface area contributed by atoms with E-state index in [0.717, 1.165) is 34.5 Å². The average molecular weight is 573 g/mol. The van der Waals surface area contributed by atoms with Gasteiger partial charge in [0.25, 0.3) is 0 Å². The summed E-state index contributed by atoms with van der Waals surface area (Å²) in [5.41, 5.74) is 3.00. The highest BCUT2D eigenvalue weighted by Crippen LogP contribution is 2.32. The molecule has 0 heterocycles. The van der Waals surface area contributed by atoms with Crippen molar-refractivity contribution in [2.24, 2.45) is 0 Å². The molecule has 0 bridgehead atoms. The Morgan fingerprint density at radius 3 is 1.90 bits per heavy atom. The van der Waals surface area contributed by atoms with Crippen LogP contribution in [-0.4, -0.2) is 57.2 Å². The average Bonchev–Trinajstić information content (AvgIpc) is 2.87. The highest BCUT2D eigenvalue weighted by molar-refractivity contribution is 6.76. The molecule has 2 rings (SSSR count). The van der Waals surface area contributed by atoms with Crippen molar-refractivity contribution in [2.45, 2.75) is 57.8 Å². The van der Waals surface area contributed by atoms with E-state index >= 15 is 0 Å². The molecule has 0 radical (unpaired) electrons. The van der Waals surface area contributed by atoms with E-state index in [1.165, 1.54) is 0 Å². The lowest BCUT2D eigenvalue weighted by molar-refractivity contribution is 0.0205. The molecule has 0 aromatic heterocycles. The zero-order valence-electron chi connectivity index (χ0n) is 25.2. The lowest BCUT2D eigenvalue weighted by Crippen LogP contribution is -2.22. The molecule has 0 amide bonds. The zero-order valence-corrected chi connectivity index (χ0v) is 27.2. The molecule has 0 atom stereocenters. The molecular weight excluding hydrogens is 525 g/mol. The summed E-state index contributed by atoms with van der Waals surface area (Å²) in [6.45, 7) is 19.7. The fraction of sp³-hybridized carbons (Fsp3) is 0.484. The number of rotatable bonds is 18. The third kappa shape index (κ3) is 12.5. The Kier molecular flexibility index (Phi) is 13.3. The lowest BCUT2D eigenvalue weighted by Gasteiger charge is -2.17. The highest BCUT2D eigenvalue weighted by atomic mass is 28.3. The van der Waals surface area contributed by atoms with Crippen LogP contribution in [0.2, 0.25) is 51.4 Å². The standard InChI is InChI=1S/C31H48O6Si2/c1-10-11-28-26(21-27(22-30(28)32-2)36-23-34-16-18-38(4,5)6)14-12-25-13-15-29(31(20-25)33-3)37-24-35-17-19-39(7,8)9/h10,12-15,20-22H,1,11,16-19,23-24H2,2-9H3. The van der Waals surface area contributed by atoms with Gasteiger partial charge in [-0.25, -0.2) is 0 Å². The van der Waals surface area contributed by atoms with Gasteiger partial charge in [-0.2, -0.15) is 0 Å². The van der Waals surface area contributed by atoms with Crippen molar-refractivity contribution in [3.63, 3.8) is 0 Å². The number of benzene rings is 2. The maximum Gasteiger partial charge on any atom is 0.189 e. The third-order valence-corrected chi connectivity index (χ3v) is 9.44. The van der Waals surface area contributed by atoms with Crippen molar-refractivity contribution in [2.75, 3.05) is 41.0 Å². The maximum atomic E-state index is 5.92. The summed E-state index contributed by atoms with van der Waals surface area (Å²) in [6, 6.07) is 12.0. The Labute approximate surface area is 237 Å². The first-order valence-electron chi connectivity index (χ1n) is 13.5. The minimum Gasteiger partial charge on any atom is -0.496 e. The Morgan fingerprint density at radius 1 is 0.718 bits per heavy atom. The van der Waals surface area contributed by atoms with Gasteiger partial charge in [0.05, 0.1) is 14.2 Å². The summed E-state index contributed by atoms with van der Waals surface area (Å²) in [4.78, 5) is 0. The van der Waals surface area contributed by atoms with Crippen LogP contribution < -0.4 is 18.9 Å². The van der Waals surface area contributed by atoms with Crippen LogP contribution in [0.3, 0.4) is 0 Å². The highest BCUT2D eigenvalue weighted by Gasteiger charge is 2.14. The minimum atomic E-state index is -1.14. The second-order valence-electron chi connectivity index (χ2n) is 11.9. The molecular formula is C31H48O6Si2. The summed E-state index contributed by atoms with van der Waals surface area (Å²) < 4.78 is 34.4. The molecule has 8 heteroatoms. The maximum absolute atomic E-state index is 5.92. The second-order valence-corrected chi connectivity index (χ2v) is 23.1. The lowest BCUT2D eigenvalue weighted by atomic mass is 10.0. The smallest absolute Gasteiger partial charge is 0.189 e. The summed E-state index contributed by atoms with van der Waals surface area (Å²) >= 11 is 0. The number of methoxy groups -OCH3 is 2. The van der Waals surface area contributed by atoms with E-state index in [2.05, 4.69) is 51.9 Å². The van der Waals surface area contributed by atoms with Gasteiger partial charge < -0.3 is 28.4 Å². The zero-order chi connectivity index (χ0) is 28.9. The molecule has 0 saturated carbocycles. The van der Waals surface area contributed by atoms with E-state index in [1.54, 1.807) is 14.2 Å². The summed E-state index contributed by atoms with van der Waals surface area (Å²) in [7, 11) is 1.05. The van der Waals surface area contributed by atoms with E-state index in [0.29, 0.717) is 36.9 Å². The quantitative estimate of drug-likeness (QED) is 0.0593. The Hall–Kier alpha value is -2.53. The van der Waals surface area contributed by atoms with Crippen molar-refractivity contribution >= 4 is 28.3 Å². The van der Waals surface area contributed by atoms with Gasteiger partial charge in [-0.1, -0.05) is 63.6 Å². The van der Waals surface area contributed by atoms with E-state index < -0.39 is 16.1 Å². The van der Waals surface area contributed by atoms with Crippen molar-refractivity contribution < 1.29 is 28.4 Å². The molecule has 0 fully saturated rings. The van der Waals surface area contributed by atoms with Crippen LogP contribution in [0.25, 0.3) is 12.2 Å². The molecule has 2 aromatic carbocycles. The van der Waals surface area contributed by atoms with E-state index in [4.69, 9.17) is 28.4 Å². The van der Waals surface area contributed by atoms with E-state index in [-0.39, 0.29) is 13.6 Å². The van der Waals surface area contributed by atoms with Gasteiger partial charge in [0.2, 0.25) is 0 Å². The van der Waals surface area contributed by atoms with Crippen LogP contribution in [0.15, 0.2) is 43.0 Å². The number of allylic oxidation sites excluding steroid dienone is 1. The molecule has 6 nitrogen and oxygen atoms in total. The Morgan fingerprint density at radius 2 is 1.33 bits per heavy atom. The predicted molar refractivity (Wildman–Crippen MR) is 168 cm³/mol. The van der Waals surface area contributed by atoms with Crippen LogP contribution in [0.4, 0.5) is 0 Å². The summed E-state index contributed by atoms with van der Waals surface area (Å²) in [5.74, 6) is 2.76. The summed E-state index contributed by atoms with van der Waals surface area (Å²) in [6.07, 6.45) is 6.63. The first kappa shape index (κ1) is 32.7. The fourth-order valence-electron chi connectivity index (χ4n) is 3.60. The van der Waals surface area contributed by atoms with Crippen molar-refractivity contribution in [1.82, 2.24) is 0 Å². The largest absolute Gasteiger partial charge is 0.496 e. The molecule has 0 aliphatic rings. The van der Waals surface area contributed by atoms with Crippen molar-refractivity contribution in [3.05, 3.63) is 59.7 Å². The minimum absolute atomic E-state index is 0.204. The molecule has 0 aliphatic heterocycles. The third-order valence-electron chi connectivity index (χ3n) is 6.03. The van der Waals surface area contributed by atoms with Crippen molar-refractivity contribution in [3.8, 4) is 23.0 Å². The van der Waals surface area contributed by atoms with Crippen LogP contribution in [-0.2, 0) is 15.9 Å². The normalized spacial score (nSPS) is 12.0. The van der Waals surface area contributed by atoms with Crippen molar-refractivity contribution in [1.29, 1.82) is 0 Å². The molecule has 39 heavy (non-hydrogen) atoms. The van der Waals surface area contributed by atoms with E-state index in [1.807, 2.05) is 42.5 Å². The van der Waals surface area contributed by atoms with Gasteiger partial charge in [-0.15, -0.1) is 6.58 Å². The molecule has 0 N–H and O–H groups in total. The van der Waals surface area contributed by atoms with Crippen LogP contribution >= 0.6 is 0 Å². The van der Waals surface area contributed by atoms with Crippen LogP contribution in [0.1, 0.15) is 16.7 Å². The molecule has 0 spiro atoms. The molecule has 0 aliphatic carbocycles. The number of hydrogen-bond donors (Lipinski definition) is 0. The number of hydrogen-bond acceptors (Lipinski definition) is 6. The Balaban J connectivity index is 2.13. The molecule has 0 saturated heterocycles. The van der Waals surface area contributed by atoms with Gasteiger partial charge in [0.15, 0.2) is 25.1 Å². The van der Waals surface area contributed by atoms with Crippen LogP contribution in [0.5, 0.6) is 23.0 Å². The number of ether oxygens (including phenoxy) is 6. The van der Waals surface area contributed by atoms with E-state index in [9.17, 15) is 0 Å². The molecule has 0 unspecified atom stereocenters. The topological polar surface area (TPSA) is 55.4 Å². The first-order chi connectivity index (χ1) is 18.5. The van der Waals surface area contributed by atoms with Gasteiger partial charge in [-0.05, 0) is 47.8 Å². The van der Waals surface area contributed by atoms with Gasteiger partial charge in [-0.3, -0.25) is 0 Å². The molecule has 2 aromatic rings. The summed E-state index contributed by atoms with van der Waals surface area (Å²) in [5, 5.41) is 0. The monoisotopic (exact) mass is 572 g/mol. The van der Waals surface area contributed by atoms with Crippen LogP contribution in [0, 0.1) is 0 Å². The second kappa shape index (κ2) is 15.9. The predicted octanol–water partition coefficient (Wildman–Crippen LogP) is 7.98. The fourth-order valence-corrected chi connectivity index (χ4v) is 5.11. The SMILES string of the molecule is C=CCc1c(C=Cc2ccc(OCOCC[Si](C)(C)C)c(OC)c2)cc(OCOCC[Si](C)(C)C)cc1OC. The Bertz CT molecular complexity index is 1070. The first-order valence-corrected chi connectivity index (χ1v) is 21.0. The molecule has 216 valence electrons.